The lowest BCUT2D eigenvalue weighted by Gasteiger charge is -2.36. The molecule has 0 saturated carbocycles. The third-order valence-electron chi connectivity index (χ3n) is 5.07. The van der Waals surface area contributed by atoms with Crippen molar-refractivity contribution in [3.8, 4) is 16.9 Å². The van der Waals surface area contributed by atoms with Crippen molar-refractivity contribution in [3.05, 3.63) is 48.5 Å². The molecule has 0 aliphatic carbocycles. The smallest absolute Gasteiger partial charge is 0.319 e. The van der Waals surface area contributed by atoms with Gasteiger partial charge < -0.3 is 25.4 Å². The predicted octanol–water partition coefficient (Wildman–Crippen LogP) is 2.94. The summed E-state index contributed by atoms with van der Waals surface area (Å²) in [6, 6.07) is 15.0. The Labute approximate surface area is 160 Å². The fourth-order valence-corrected chi connectivity index (χ4v) is 3.24. The number of urea groups is 1. The number of nitrogens with one attached hydrogen (secondary N) is 2. The molecular formula is C21H27N3O3. The Bertz CT molecular complexity index is 768. The van der Waals surface area contributed by atoms with Gasteiger partial charge in [-0.25, -0.2) is 4.79 Å². The van der Waals surface area contributed by atoms with E-state index in [4.69, 9.17) is 4.74 Å². The average Bonchev–Trinajstić information content (AvgIpc) is 2.70. The van der Waals surface area contributed by atoms with Crippen molar-refractivity contribution in [3.63, 3.8) is 0 Å². The molecule has 6 nitrogen and oxygen atoms in total. The van der Waals surface area contributed by atoms with Crippen LogP contribution in [-0.4, -0.2) is 55.4 Å². The van der Waals surface area contributed by atoms with Gasteiger partial charge in [-0.3, -0.25) is 0 Å². The zero-order valence-electron chi connectivity index (χ0n) is 15.9. The first-order valence-corrected chi connectivity index (χ1v) is 9.18. The molecule has 0 aromatic heterocycles. The van der Waals surface area contributed by atoms with E-state index in [0.29, 0.717) is 12.8 Å². The van der Waals surface area contributed by atoms with Gasteiger partial charge in [0.05, 0.1) is 18.4 Å². The Balaban J connectivity index is 1.64. The lowest BCUT2D eigenvalue weighted by atomic mass is 9.92. The number of aliphatic hydroxyl groups is 1. The summed E-state index contributed by atoms with van der Waals surface area (Å²) in [7, 11) is 3.67. The van der Waals surface area contributed by atoms with Crippen LogP contribution in [0.15, 0.2) is 48.5 Å². The van der Waals surface area contributed by atoms with Crippen LogP contribution < -0.4 is 15.4 Å². The van der Waals surface area contributed by atoms with Crippen LogP contribution in [0.3, 0.4) is 0 Å². The van der Waals surface area contributed by atoms with E-state index in [9.17, 15) is 9.90 Å². The van der Waals surface area contributed by atoms with Gasteiger partial charge in [0.15, 0.2) is 0 Å². The zero-order valence-corrected chi connectivity index (χ0v) is 15.9. The second kappa shape index (κ2) is 8.41. The Kier molecular flexibility index (Phi) is 5.98. The molecular weight excluding hydrogens is 342 g/mol. The van der Waals surface area contributed by atoms with Gasteiger partial charge in [0.1, 0.15) is 5.75 Å². The van der Waals surface area contributed by atoms with Crippen molar-refractivity contribution in [1.82, 2.24) is 10.2 Å². The van der Waals surface area contributed by atoms with Crippen LogP contribution >= 0.6 is 0 Å². The molecule has 0 spiro atoms. The summed E-state index contributed by atoms with van der Waals surface area (Å²) in [4.78, 5) is 14.6. The molecule has 2 amide bonds. The quantitative estimate of drug-likeness (QED) is 0.758. The normalized spacial score (nSPS) is 16.6. The van der Waals surface area contributed by atoms with Gasteiger partial charge in [-0.15, -0.1) is 0 Å². The third-order valence-corrected chi connectivity index (χ3v) is 5.07. The fraction of sp³-hybridized carbons (Fsp3) is 0.381. The minimum Gasteiger partial charge on any atom is -0.497 e. The van der Waals surface area contributed by atoms with E-state index in [2.05, 4.69) is 15.5 Å². The van der Waals surface area contributed by atoms with Crippen LogP contribution in [0.2, 0.25) is 0 Å². The topological polar surface area (TPSA) is 73.8 Å². The van der Waals surface area contributed by atoms with Crippen molar-refractivity contribution < 1.29 is 14.6 Å². The second-order valence-corrected chi connectivity index (χ2v) is 7.11. The molecule has 3 N–H and O–H groups in total. The molecule has 27 heavy (non-hydrogen) atoms. The van der Waals surface area contributed by atoms with E-state index in [0.717, 1.165) is 35.7 Å². The maximum Gasteiger partial charge on any atom is 0.319 e. The number of rotatable bonds is 5. The van der Waals surface area contributed by atoms with E-state index >= 15 is 0 Å². The molecule has 2 aromatic rings. The average molecular weight is 369 g/mol. The highest BCUT2D eigenvalue weighted by Gasteiger charge is 2.31. The molecule has 1 aliphatic heterocycles. The largest absolute Gasteiger partial charge is 0.497 e. The number of carbonyl (C=O) groups excluding carboxylic acids is 1. The Morgan fingerprint density at radius 2 is 1.81 bits per heavy atom. The van der Waals surface area contributed by atoms with Crippen molar-refractivity contribution in [2.24, 2.45) is 0 Å². The van der Waals surface area contributed by atoms with Crippen LogP contribution in [0.25, 0.3) is 11.1 Å². The van der Waals surface area contributed by atoms with Crippen LogP contribution in [0.4, 0.5) is 10.5 Å². The first-order chi connectivity index (χ1) is 13.0. The SMILES string of the molecule is COc1ccc(-c2ccccc2NC(=O)NCC2(O)CCN(C)CC2)cc1. The highest BCUT2D eigenvalue weighted by Crippen LogP contribution is 2.29. The van der Waals surface area contributed by atoms with Gasteiger partial charge >= 0.3 is 6.03 Å². The van der Waals surface area contributed by atoms with E-state index in [1.165, 1.54) is 0 Å². The molecule has 1 heterocycles. The van der Waals surface area contributed by atoms with Crippen molar-refractivity contribution >= 4 is 11.7 Å². The molecule has 6 heteroatoms. The Morgan fingerprint density at radius 3 is 2.48 bits per heavy atom. The number of para-hydroxylation sites is 1. The number of likely N-dealkylation sites (tertiary alicyclic amines) is 1. The molecule has 1 fully saturated rings. The standard InChI is InChI=1S/C21H27N3O3/c1-24-13-11-21(26,12-14-24)15-22-20(25)23-19-6-4-3-5-18(19)16-7-9-17(27-2)10-8-16/h3-10,26H,11-15H2,1-2H3,(H2,22,23,25). The van der Waals surface area contributed by atoms with Gasteiger partial charge in [-0.2, -0.15) is 0 Å². The number of benzene rings is 2. The summed E-state index contributed by atoms with van der Waals surface area (Å²) in [6.45, 7) is 1.91. The summed E-state index contributed by atoms with van der Waals surface area (Å²) in [5, 5.41) is 16.3. The van der Waals surface area contributed by atoms with Crippen LogP contribution in [0, 0.1) is 0 Å². The van der Waals surface area contributed by atoms with E-state index in [-0.39, 0.29) is 12.6 Å². The minimum atomic E-state index is -0.834. The summed E-state index contributed by atoms with van der Waals surface area (Å²) in [5.74, 6) is 0.785. The number of ether oxygens (including phenoxy) is 1. The lowest BCUT2D eigenvalue weighted by molar-refractivity contribution is -0.0120. The molecule has 0 atom stereocenters. The van der Waals surface area contributed by atoms with Crippen molar-refractivity contribution in [2.45, 2.75) is 18.4 Å². The molecule has 1 saturated heterocycles. The summed E-state index contributed by atoms with van der Waals surface area (Å²) in [5.41, 5.74) is 1.80. The van der Waals surface area contributed by atoms with Gasteiger partial charge in [0.25, 0.3) is 0 Å². The Morgan fingerprint density at radius 1 is 1.15 bits per heavy atom. The maximum absolute atomic E-state index is 12.4. The van der Waals surface area contributed by atoms with Crippen LogP contribution in [-0.2, 0) is 0 Å². The zero-order chi connectivity index (χ0) is 19.3. The summed E-state index contributed by atoms with van der Waals surface area (Å²) < 4.78 is 5.20. The number of amides is 2. The predicted molar refractivity (Wildman–Crippen MR) is 107 cm³/mol. The van der Waals surface area contributed by atoms with Crippen LogP contribution in [0.1, 0.15) is 12.8 Å². The van der Waals surface area contributed by atoms with Gasteiger partial charge in [-0.1, -0.05) is 30.3 Å². The van der Waals surface area contributed by atoms with E-state index < -0.39 is 5.60 Å². The molecule has 0 radical (unpaired) electrons. The number of hydrogen-bond acceptors (Lipinski definition) is 4. The van der Waals surface area contributed by atoms with E-state index in [1.807, 2.05) is 55.6 Å². The van der Waals surface area contributed by atoms with Crippen molar-refractivity contribution in [1.29, 1.82) is 0 Å². The number of carbonyl (C=O) groups is 1. The van der Waals surface area contributed by atoms with Crippen molar-refractivity contribution in [2.75, 3.05) is 39.1 Å². The lowest BCUT2D eigenvalue weighted by Crippen LogP contribution is -2.50. The van der Waals surface area contributed by atoms with Gasteiger partial charge in [-0.05, 0) is 43.7 Å². The number of hydrogen-bond donors (Lipinski definition) is 3. The van der Waals surface area contributed by atoms with Crippen LogP contribution in [0.5, 0.6) is 5.75 Å². The van der Waals surface area contributed by atoms with Gasteiger partial charge in [0.2, 0.25) is 0 Å². The summed E-state index contributed by atoms with van der Waals surface area (Å²) in [6.07, 6.45) is 1.32. The molecule has 1 aliphatic rings. The fourth-order valence-electron chi connectivity index (χ4n) is 3.24. The number of anilines is 1. The third kappa shape index (κ3) is 4.99. The first-order valence-electron chi connectivity index (χ1n) is 9.18. The number of piperidine rings is 1. The minimum absolute atomic E-state index is 0.247. The molecule has 0 bridgehead atoms. The number of nitrogens with zero attached hydrogens (tertiary/aromatic N) is 1. The molecule has 144 valence electrons. The monoisotopic (exact) mass is 369 g/mol. The number of methoxy groups -OCH3 is 1. The summed E-state index contributed by atoms with van der Waals surface area (Å²) >= 11 is 0. The highest BCUT2D eigenvalue weighted by molar-refractivity contribution is 5.94. The molecule has 0 unspecified atom stereocenters. The maximum atomic E-state index is 12.4. The first kappa shape index (κ1) is 19.2. The second-order valence-electron chi connectivity index (χ2n) is 7.11. The Hall–Kier alpha value is -2.57. The molecule has 2 aromatic carbocycles. The highest BCUT2D eigenvalue weighted by atomic mass is 16.5. The van der Waals surface area contributed by atoms with Gasteiger partial charge in [0, 0.05) is 25.2 Å². The van der Waals surface area contributed by atoms with E-state index in [1.54, 1.807) is 7.11 Å². The molecule has 3 rings (SSSR count).